The zero-order valence-corrected chi connectivity index (χ0v) is 8.04. The number of halogens is 1. The van der Waals surface area contributed by atoms with Gasteiger partial charge >= 0.3 is 0 Å². The number of hydrogen-bond donors (Lipinski definition) is 0. The fraction of sp³-hybridized carbons (Fsp3) is 0.111. The van der Waals surface area contributed by atoms with Crippen molar-refractivity contribution < 1.29 is 6.85 Å². The Morgan fingerprint density at radius 1 is 1.69 bits per heavy atom. The van der Waals surface area contributed by atoms with Crippen LogP contribution in [0.1, 0.15) is 12.4 Å². The maximum absolute atomic E-state index is 7.84. The third-order valence-corrected chi connectivity index (χ3v) is 2.07. The average Bonchev–Trinajstić information content (AvgIpc) is 2.54. The summed E-state index contributed by atoms with van der Waals surface area (Å²) in [6.07, 6.45) is 2.28. The number of hydrogen-bond acceptors (Lipinski definition) is 2. The second kappa shape index (κ2) is 3.30. The summed E-state index contributed by atoms with van der Waals surface area (Å²) in [5.41, 5.74) is 0.116. The largest absolute Gasteiger partial charge is 0.263 e. The van der Waals surface area contributed by atoms with Gasteiger partial charge in [0.2, 0.25) is 0 Å². The summed E-state index contributed by atoms with van der Waals surface area (Å²) in [7, 11) is 0. The molecule has 2 aromatic rings. The molecule has 0 N–H and O–H groups in total. The highest BCUT2D eigenvalue weighted by atomic mass is 79.9. The van der Waals surface area contributed by atoms with Gasteiger partial charge in [0.25, 0.3) is 0 Å². The molecule has 0 saturated heterocycles. The summed E-state index contributed by atoms with van der Waals surface area (Å²) in [6.45, 7) is -2.52. The van der Waals surface area contributed by atoms with Crippen molar-refractivity contribution in [3.63, 3.8) is 0 Å². The summed E-state index contributed by atoms with van der Waals surface area (Å²) in [4.78, 5) is 3.87. The van der Waals surface area contributed by atoms with Gasteiger partial charge in [0, 0.05) is 22.7 Å². The van der Waals surface area contributed by atoms with Crippen molar-refractivity contribution in [2.24, 2.45) is 0 Å². The van der Waals surface area contributed by atoms with Crippen LogP contribution in [0.5, 0.6) is 0 Å². The first-order valence-electron chi connectivity index (χ1n) is 5.99. The molecule has 0 amide bonds. The number of aromatic nitrogens is 3. The molecule has 0 aliphatic heterocycles. The van der Waals surface area contributed by atoms with Crippen LogP contribution in [0.25, 0.3) is 5.69 Å². The zero-order valence-electron chi connectivity index (χ0n) is 11.5. The lowest BCUT2D eigenvalue weighted by Crippen LogP contribution is -1.95. The van der Waals surface area contributed by atoms with Gasteiger partial charge in [-0.05, 0) is 34.4 Å². The maximum Gasteiger partial charge on any atom is 0.0863 e. The Morgan fingerprint density at radius 2 is 2.62 bits per heavy atom. The molecule has 0 aliphatic rings. The smallest absolute Gasteiger partial charge is 0.0863 e. The lowest BCUT2D eigenvalue weighted by atomic mass is 10.4. The van der Waals surface area contributed by atoms with E-state index in [1.165, 1.54) is 12.4 Å². The van der Waals surface area contributed by atoms with Gasteiger partial charge in [0.05, 0.1) is 19.1 Å². The molecular formula is C9H8BrN3. The molecule has 0 radical (unpaired) electrons. The molecule has 4 heteroatoms. The molecule has 0 atom stereocenters. The van der Waals surface area contributed by atoms with Crippen molar-refractivity contribution in [1.29, 1.82) is 0 Å². The quantitative estimate of drug-likeness (QED) is 0.769. The van der Waals surface area contributed by atoms with Crippen LogP contribution >= 0.6 is 15.9 Å². The Labute approximate surface area is 91.6 Å². The van der Waals surface area contributed by atoms with E-state index in [9.17, 15) is 0 Å². The van der Waals surface area contributed by atoms with E-state index in [2.05, 4.69) is 26.0 Å². The third-order valence-electron chi connectivity index (χ3n) is 1.46. The number of rotatable bonds is 1. The van der Waals surface area contributed by atoms with Crippen LogP contribution in [0.15, 0.2) is 35.3 Å². The summed E-state index contributed by atoms with van der Waals surface area (Å²) in [5.74, 6) is 0. The number of pyridine rings is 1. The van der Waals surface area contributed by atoms with Crippen molar-refractivity contribution in [2.45, 2.75) is 6.85 Å². The predicted octanol–water partition coefficient (Wildman–Crippen LogP) is 2.34. The lowest BCUT2D eigenvalue weighted by Gasteiger charge is -2.01. The van der Waals surface area contributed by atoms with Crippen molar-refractivity contribution in [2.75, 3.05) is 0 Å². The minimum Gasteiger partial charge on any atom is -0.263 e. The van der Waals surface area contributed by atoms with E-state index in [1.807, 2.05) is 0 Å². The van der Waals surface area contributed by atoms with Gasteiger partial charge in [-0.1, -0.05) is 0 Å². The van der Waals surface area contributed by atoms with Crippen molar-refractivity contribution in [3.8, 4) is 5.69 Å². The minimum absolute atomic E-state index is 0.313. The van der Waals surface area contributed by atoms with Crippen LogP contribution < -0.4 is 0 Å². The molecule has 0 spiro atoms. The first kappa shape index (κ1) is 4.37. The standard InChI is InChI=1S/C9H8BrN3/c1-7-4-12-13(6-7)9-2-3-11-5-8(9)10/h2-6H,1H3/i1D3,4D,6D. The molecule has 13 heavy (non-hydrogen) atoms. The molecule has 2 heterocycles. The molecule has 0 unspecified atom stereocenters. The van der Waals surface area contributed by atoms with E-state index in [-0.39, 0.29) is 11.7 Å². The summed E-state index contributed by atoms with van der Waals surface area (Å²) >= 11 is 3.24. The predicted molar refractivity (Wildman–Crippen MR) is 53.8 cm³/mol. The van der Waals surface area contributed by atoms with Crippen LogP contribution in [0.2, 0.25) is 0 Å². The van der Waals surface area contributed by atoms with Crippen molar-refractivity contribution >= 4 is 15.9 Å². The van der Waals surface area contributed by atoms with Crippen molar-refractivity contribution in [1.82, 2.24) is 14.8 Å². The Bertz CT molecular complexity index is 592. The van der Waals surface area contributed by atoms with Gasteiger partial charge in [-0.15, -0.1) is 0 Å². The summed E-state index contributed by atoms with van der Waals surface area (Å²) in [6, 6.07) is 1.58. The second-order valence-electron chi connectivity index (χ2n) is 2.34. The normalized spacial score (nSPS) is 16.8. The molecule has 66 valence electrons. The van der Waals surface area contributed by atoms with Crippen LogP contribution in [0.3, 0.4) is 0 Å². The Morgan fingerprint density at radius 3 is 3.31 bits per heavy atom. The van der Waals surface area contributed by atoms with Crippen LogP contribution in [0.4, 0.5) is 0 Å². The lowest BCUT2D eigenvalue weighted by molar-refractivity contribution is 0.872. The Balaban J connectivity index is 2.66. The second-order valence-corrected chi connectivity index (χ2v) is 3.19. The van der Waals surface area contributed by atoms with E-state index >= 15 is 0 Å². The fourth-order valence-electron chi connectivity index (χ4n) is 0.910. The topological polar surface area (TPSA) is 30.7 Å². The van der Waals surface area contributed by atoms with Crippen LogP contribution in [0, 0.1) is 6.85 Å². The fourth-order valence-corrected chi connectivity index (χ4v) is 1.33. The molecule has 0 fully saturated rings. The third kappa shape index (κ3) is 1.62. The van der Waals surface area contributed by atoms with Gasteiger partial charge in [-0.25, -0.2) is 4.68 Å². The molecule has 2 rings (SSSR count). The van der Waals surface area contributed by atoms with Crippen LogP contribution in [-0.2, 0) is 0 Å². The highest BCUT2D eigenvalue weighted by Crippen LogP contribution is 2.18. The van der Waals surface area contributed by atoms with E-state index < -0.39 is 13.0 Å². The summed E-state index contributed by atoms with van der Waals surface area (Å²) in [5, 5.41) is 3.79. The monoisotopic (exact) mass is 242 g/mol. The molecule has 0 aliphatic carbocycles. The highest BCUT2D eigenvalue weighted by molar-refractivity contribution is 9.10. The van der Waals surface area contributed by atoms with Gasteiger partial charge in [-0.3, -0.25) is 4.98 Å². The molecule has 0 aromatic carbocycles. The molecule has 3 nitrogen and oxygen atoms in total. The number of nitrogens with zero attached hydrogens (tertiary/aromatic N) is 3. The highest BCUT2D eigenvalue weighted by Gasteiger charge is 2.01. The van der Waals surface area contributed by atoms with Gasteiger partial charge < -0.3 is 0 Å². The maximum atomic E-state index is 7.84. The molecule has 2 aromatic heterocycles. The van der Waals surface area contributed by atoms with Gasteiger partial charge in [-0.2, -0.15) is 5.10 Å². The SMILES string of the molecule is [2H]c1nn(-c2ccncc2Br)c([2H])c1C([2H])([2H])[2H]. The van der Waals surface area contributed by atoms with E-state index in [1.54, 1.807) is 6.07 Å². The molecule has 0 saturated carbocycles. The Kier molecular flexibility index (Phi) is 1.11. The minimum atomic E-state index is -2.52. The van der Waals surface area contributed by atoms with E-state index in [0.717, 1.165) is 4.68 Å². The average molecular weight is 243 g/mol. The van der Waals surface area contributed by atoms with Crippen molar-refractivity contribution in [3.05, 3.63) is 40.8 Å². The first-order chi connectivity index (χ1) is 8.32. The molecule has 0 bridgehead atoms. The molecular weight excluding hydrogens is 230 g/mol. The van der Waals surface area contributed by atoms with E-state index in [0.29, 0.717) is 10.2 Å². The van der Waals surface area contributed by atoms with Gasteiger partial charge in [0.15, 0.2) is 0 Å². The van der Waals surface area contributed by atoms with Crippen LogP contribution in [-0.4, -0.2) is 14.8 Å². The van der Waals surface area contributed by atoms with Gasteiger partial charge in [0.1, 0.15) is 0 Å². The Hall–Kier alpha value is -1.16. The van der Waals surface area contributed by atoms with E-state index in [4.69, 9.17) is 6.85 Å². The summed E-state index contributed by atoms with van der Waals surface area (Å²) < 4.78 is 39.0. The zero-order chi connectivity index (χ0) is 13.5. The first-order valence-corrected chi connectivity index (χ1v) is 4.28.